The first-order valence-corrected chi connectivity index (χ1v) is 16.9. The van der Waals surface area contributed by atoms with Gasteiger partial charge in [-0.3, -0.25) is 0 Å². The van der Waals surface area contributed by atoms with Gasteiger partial charge in [-0.2, -0.15) is 0 Å². The highest BCUT2D eigenvalue weighted by Crippen LogP contribution is 2.51. The zero-order valence-corrected chi connectivity index (χ0v) is 27.0. The Morgan fingerprint density at radius 2 is 0.857 bits per heavy atom. The Labute approximate surface area is 287 Å². The van der Waals surface area contributed by atoms with Crippen molar-refractivity contribution in [2.24, 2.45) is 0 Å². The maximum Gasteiger partial charge on any atom is 0.0625 e. The molecule has 0 spiro atoms. The molecule has 0 aliphatic heterocycles. The number of hydrogen-bond acceptors (Lipinski definition) is 1. The molecule has 0 radical (unpaired) electrons. The van der Waals surface area contributed by atoms with Crippen molar-refractivity contribution < 1.29 is 0 Å². The summed E-state index contributed by atoms with van der Waals surface area (Å²) in [5.41, 5.74) is 10.6. The first kappa shape index (κ1) is 28.8. The summed E-state index contributed by atoms with van der Waals surface area (Å²) < 4.78 is 0. The van der Waals surface area contributed by atoms with Gasteiger partial charge in [0.05, 0.1) is 11.4 Å². The molecule has 0 heterocycles. The lowest BCUT2D eigenvalue weighted by molar-refractivity contribution is 1.31. The van der Waals surface area contributed by atoms with Gasteiger partial charge in [-0.25, -0.2) is 0 Å². The number of hydrogen-bond donors (Lipinski definition) is 0. The summed E-state index contributed by atoms with van der Waals surface area (Å²) in [6, 6.07) is 72.6. The number of nitrogens with zero attached hydrogens (tertiary/aromatic N) is 1. The van der Waals surface area contributed by atoms with Gasteiger partial charge in [0.2, 0.25) is 0 Å². The van der Waals surface area contributed by atoms with E-state index >= 15 is 0 Å². The fourth-order valence-corrected chi connectivity index (χ4v) is 7.37. The Morgan fingerprint density at radius 3 is 1.63 bits per heavy atom. The summed E-state index contributed by atoms with van der Waals surface area (Å²) in [6.45, 7) is 0. The molecule has 0 unspecified atom stereocenters. The molecule has 0 amide bonds. The molecule has 0 saturated carbocycles. The second-order valence-electron chi connectivity index (χ2n) is 12.5. The molecule has 9 aromatic carbocycles. The van der Waals surface area contributed by atoms with Gasteiger partial charge in [-0.1, -0.05) is 176 Å². The minimum atomic E-state index is 1.11. The van der Waals surface area contributed by atoms with Crippen molar-refractivity contribution >= 4 is 49.4 Å². The molecule has 0 aromatic heterocycles. The first-order chi connectivity index (χ1) is 24.3. The molecule has 0 atom stereocenters. The maximum absolute atomic E-state index is 2.51. The van der Waals surface area contributed by atoms with Crippen LogP contribution in [0.4, 0.5) is 17.1 Å². The van der Waals surface area contributed by atoms with Crippen LogP contribution >= 0.6 is 0 Å². The van der Waals surface area contributed by atoms with Crippen molar-refractivity contribution in [3.05, 3.63) is 200 Å². The first-order valence-electron chi connectivity index (χ1n) is 16.9. The minimum absolute atomic E-state index is 1.11. The monoisotopic (exact) mass is 623 g/mol. The molecule has 0 aliphatic rings. The highest BCUT2D eigenvalue weighted by Gasteiger charge is 2.25. The standard InChI is InChI=1S/C48H33N/c1-3-16-34(17-4-1)37-22-15-23-39(32-37)47-44-27-11-9-25-42(44)43-26-10-12-28-45(43)48(47)49(40-31-30-35-18-7-8-21-38(35)33-40)46-29-14-13-24-41(46)36-19-5-2-6-20-36/h1-33H. The van der Waals surface area contributed by atoms with Crippen molar-refractivity contribution in [3.63, 3.8) is 0 Å². The van der Waals surface area contributed by atoms with Crippen molar-refractivity contribution in [2.45, 2.75) is 0 Å². The van der Waals surface area contributed by atoms with Crippen molar-refractivity contribution in [3.8, 4) is 33.4 Å². The van der Waals surface area contributed by atoms with Crippen LogP contribution in [-0.2, 0) is 0 Å². The Balaban J connectivity index is 1.44. The Morgan fingerprint density at radius 1 is 0.306 bits per heavy atom. The van der Waals surface area contributed by atoms with Gasteiger partial charge in [-0.15, -0.1) is 0 Å². The third kappa shape index (κ3) is 5.13. The van der Waals surface area contributed by atoms with Gasteiger partial charge in [-0.05, 0) is 73.5 Å². The fourth-order valence-electron chi connectivity index (χ4n) is 7.37. The Kier molecular flexibility index (Phi) is 7.22. The van der Waals surface area contributed by atoms with E-state index in [9.17, 15) is 0 Å². The third-order valence-corrected chi connectivity index (χ3v) is 9.61. The second kappa shape index (κ2) is 12.3. The van der Waals surface area contributed by atoms with E-state index in [1.807, 2.05) is 0 Å². The average Bonchev–Trinajstić information content (AvgIpc) is 3.19. The van der Waals surface area contributed by atoms with Gasteiger partial charge < -0.3 is 4.90 Å². The largest absolute Gasteiger partial charge is 0.309 e. The number of para-hydroxylation sites is 1. The smallest absolute Gasteiger partial charge is 0.0625 e. The number of anilines is 3. The van der Waals surface area contributed by atoms with E-state index in [-0.39, 0.29) is 0 Å². The highest BCUT2D eigenvalue weighted by atomic mass is 15.1. The third-order valence-electron chi connectivity index (χ3n) is 9.61. The summed E-state index contributed by atoms with van der Waals surface area (Å²) >= 11 is 0. The molecule has 9 aromatic rings. The van der Waals surface area contributed by atoms with Crippen LogP contribution in [0.25, 0.3) is 65.7 Å². The predicted octanol–water partition coefficient (Wildman–Crippen LogP) is 13.6. The topological polar surface area (TPSA) is 3.24 Å². The molecule has 0 N–H and O–H groups in total. The average molecular weight is 624 g/mol. The molecule has 0 saturated heterocycles. The summed E-state index contributed by atoms with van der Waals surface area (Å²) in [5.74, 6) is 0. The maximum atomic E-state index is 2.51. The minimum Gasteiger partial charge on any atom is -0.309 e. The molecular weight excluding hydrogens is 591 g/mol. The van der Waals surface area contributed by atoms with Crippen LogP contribution in [-0.4, -0.2) is 0 Å². The number of rotatable bonds is 6. The van der Waals surface area contributed by atoms with E-state index in [1.54, 1.807) is 0 Å². The van der Waals surface area contributed by atoms with E-state index < -0.39 is 0 Å². The predicted molar refractivity (Wildman–Crippen MR) is 210 cm³/mol. The number of benzene rings is 9. The van der Waals surface area contributed by atoms with Gasteiger partial charge in [0.1, 0.15) is 0 Å². The van der Waals surface area contributed by atoms with Crippen molar-refractivity contribution in [1.29, 1.82) is 0 Å². The normalized spacial score (nSPS) is 11.3. The molecule has 230 valence electrons. The van der Waals surface area contributed by atoms with Gasteiger partial charge in [0, 0.05) is 22.2 Å². The molecule has 0 aliphatic carbocycles. The summed E-state index contributed by atoms with van der Waals surface area (Å²) in [4.78, 5) is 2.51. The Hall–Kier alpha value is -6.44. The van der Waals surface area contributed by atoms with E-state index in [0.29, 0.717) is 0 Å². The number of fused-ring (bicyclic) bond motifs is 4. The summed E-state index contributed by atoms with van der Waals surface area (Å²) in [7, 11) is 0. The lowest BCUT2D eigenvalue weighted by Crippen LogP contribution is -2.13. The summed E-state index contributed by atoms with van der Waals surface area (Å²) in [6.07, 6.45) is 0. The zero-order valence-electron chi connectivity index (χ0n) is 27.0. The van der Waals surface area contributed by atoms with Crippen molar-refractivity contribution in [2.75, 3.05) is 4.90 Å². The lowest BCUT2D eigenvalue weighted by atomic mass is 9.88. The lowest BCUT2D eigenvalue weighted by Gasteiger charge is -2.32. The van der Waals surface area contributed by atoms with Crippen LogP contribution in [0.2, 0.25) is 0 Å². The van der Waals surface area contributed by atoms with Gasteiger partial charge >= 0.3 is 0 Å². The van der Waals surface area contributed by atoms with E-state index in [4.69, 9.17) is 0 Å². The van der Waals surface area contributed by atoms with Crippen LogP contribution in [0.5, 0.6) is 0 Å². The quantitative estimate of drug-likeness (QED) is 0.167. The molecule has 1 heteroatoms. The molecule has 0 fully saturated rings. The van der Waals surface area contributed by atoms with Crippen LogP contribution in [0.3, 0.4) is 0 Å². The SMILES string of the molecule is c1ccc(-c2cccc(-c3c(N(c4ccc5ccccc5c4)c4ccccc4-c4ccccc4)c4ccccc4c4ccccc34)c2)cc1. The van der Waals surface area contributed by atoms with Crippen LogP contribution in [0.1, 0.15) is 0 Å². The molecule has 49 heavy (non-hydrogen) atoms. The van der Waals surface area contributed by atoms with Crippen LogP contribution in [0.15, 0.2) is 200 Å². The van der Waals surface area contributed by atoms with Crippen LogP contribution in [0, 0.1) is 0 Å². The molecule has 0 bridgehead atoms. The van der Waals surface area contributed by atoms with E-state index in [0.717, 1.165) is 17.1 Å². The molecule has 1 nitrogen and oxygen atoms in total. The van der Waals surface area contributed by atoms with Crippen LogP contribution < -0.4 is 4.90 Å². The highest BCUT2D eigenvalue weighted by molar-refractivity contribution is 6.23. The zero-order chi connectivity index (χ0) is 32.6. The summed E-state index contributed by atoms with van der Waals surface area (Å²) in [5, 5.41) is 7.35. The Bertz CT molecular complexity index is 2600. The molecular formula is C48H33N. The molecule has 9 rings (SSSR count). The van der Waals surface area contributed by atoms with Crippen molar-refractivity contribution in [1.82, 2.24) is 0 Å². The second-order valence-corrected chi connectivity index (χ2v) is 12.5. The van der Waals surface area contributed by atoms with Gasteiger partial charge in [0.15, 0.2) is 0 Å². The fraction of sp³-hybridized carbons (Fsp3) is 0. The van der Waals surface area contributed by atoms with Gasteiger partial charge in [0.25, 0.3) is 0 Å². The van der Waals surface area contributed by atoms with E-state index in [1.165, 1.54) is 65.7 Å². The van der Waals surface area contributed by atoms with E-state index in [2.05, 4.69) is 205 Å².